The summed E-state index contributed by atoms with van der Waals surface area (Å²) in [4.78, 5) is 24.9. The maximum atomic E-state index is 11.9. The van der Waals surface area contributed by atoms with Crippen LogP contribution >= 0.6 is 0 Å². The molecule has 0 radical (unpaired) electrons. The first kappa shape index (κ1) is 15.9. The zero-order valence-corrected chi connectivity index (χ0v) is 11.7. The maximum absolute atomic E-state index is 11.9. The number of ether oxygens (including phenoxy) is 1. The van der Waals surface area contributed by atoms with Crippen LogP contribution in [0.4, 0.5) is 0 Å². The van der Waals surface area contributed by atoms with Crippen LogP contribution in [0, 0.1) is 11.8 Å². The van der Waals surface area contributed by atoms with E-state index in [0.29, 0.717) is 32.6 Å². The average molecular weight is 272 g/mol. The molecule has 0 aromatic rings. The largest absolute Gasteiger partial charge is 0.481 e. The SMILES string of the molecule is CN(C)CCOCCNC(=O)[C@@H]1CCC[C@@H]1C(=O)O. The van der Waals surface area contributed by atoms with Gasteiger partial charge in [-0.2, -0.15) is 0 Å². The van der Waals surface area contributed by atoms with E-state index >= 15 is 0 Å². The lowest BCUT2D eigenvalue weighted by atomic mass is 9.95. The van der Waals surface area contributed by atoms with Crippen molar-refractivity contribution in [2.45, 2.75) is 19.3 Å². The third-order valence-electron chi connectivity index (χ3n) is 3.40. The van der Waals surface area contributed by atoms with E-state index in [1.165, 1.54) is 0 Å². The smallest absolute Gasteiger partial charge is 0.307 e. The van der Waals surface area contributed by atoms with Gasteiger partial charge >= 0.3 is 5.97 Å². The molecular weight excluding hydrogens is 248 g/mol. The summed E-state index contributed by atoms with van der Waals surface area (Å²) in [6, 6.07) is 0. The van der Waals surface area contributed by atoms with Gasteiger partial charge in [0.05, 0.1) is 25.0 Å². The minimum absolute atomic E-state index is 0.152. The summed E-state index contributed by atoms with van der Waals surface area (Å²) < 4.78 is 5.36. The maximum Gasteiger partial charge on any atom is 0.307 e. The van der Waals surface area contributed by atoms with Crippen molar-refractivity contribution in [3.63, 3.8) is 0 Å². The van der Waals surface area contributed by atoms with Crippen LogP contribution in [0.5, 0.6) is 0 Å². The van der Waals surface area contributed by atoms with E-state index < -0.39 is 11.9 Å². The Balaban J connectivity index is 2.15. The van der Waals surface area contributed by atoms with Crippen molar-refractivity contribution < 1.29 is 19.4 Å². The topological polar surface area (TPSA) is 78.9 Å². The number of rotatable bonds is 8. The number of hydrogen-bond donors (Lipinski definition) is 2. The van der Waals surface area contributed by atoms with E-state index in [2.05, 4.69) is 5.32 Å². The molecule has 1 rings (SSSR count). The van der Waals surface area contributed by atoms with Gasteiger partial charge in [0.25, 0.3) is 0 Å². The van der Waals surface area contributed by atoms with Crippen molar-refractivity contribution >= 4 is 11.9 Å². The zero-order valence-electron chi connectivity index (χ0n) is 11.7. The van der Waals surface area contributed by atoms with Crippen molar-refractivity contribution in [1.82, 2.24) is 10.2 Å². The number of carbonyl (C=O) groups excluding carboxylic acids is 1. The average Bonchev–Trinajstić information content (AvgIpc) is 2.82. The van der Waals surface area contributed by atoms with Crippen LogP contribution in [-0.4, -0.2) is 62.3 Å². The molecule has 1 fully saturated rings. The number of nitrogens with one attached hydrogen (secondary N) is 1. The Morgan fingerprint density at radius 2 is 1.95 bits per heavy atom. The second kappa shape index (κ2) is 8.12. The number of likely N-dealkylation sites (N-methyl/N-ethyl adjacent to an activating group) is 1. The second-order valence-electron chi connectivity index (χ2n) is 5.19. The minimum Gasteiger partial charge on any atom is -0.481 e. The summed E-state index contributed by atoms with van der Waals surface area (Å²) in [5.41, 5.74) is 0. The molecule has 0 aromatic carbocycles. The Morgan fingerprint density at radius 3 is 2.58 bits per heavy atom. The Kier molecular flexibility index (Phi) is 6.80. The lowest BCUT2D eigenvalue weighted by molar-refractivity contribution is -0.146. The van der Waals surface area contributed by atoms with E-state index in [4.69, 9.17) is 9.84 Å². The zero-order chi connectivity index (χ0) is 14.3. The monoisotopic (exact) mass is 272 g/mol. The van der Waals surface area contributed by atoms with Crippen LogP contribution in [0.2, 0.25) is 0 Å². The van der Waals surface area contributed by atoms with Gasteiger partial charge in [-0.05, 0) is 26.9 Å². The quantitative estimate of drug-likeness (QED) is 0.616. The molecular formula is C13H24N2O4. The van der Waals surface area contributed by atoms with E-state index in [1.807, 2.05) is 19.0 Å². The number of carboxylic acids is 1. The summed E-state index contributed by atoms with van der Waals surface area (Å²) in [6.45, 7) is 2.38. The van der Waals surface area contributed by atoms with Gasteiger partial charge in [-0.1, -0.05) is 6.42 Å². The highest BCUT2D eigenvalue weighted by atomic mass is 16.5. The molecule has 0 saturated heterocycles. The highest BCUT2D eigenvalue weighted by molar-refractivity contribution is 5.85. The molecule has 6 heteroatoms. The van der Waals surface area contributed by atoms with Gasteiger partial charge in [0.1, 0.15) is 0 Å². The first-order valence-corrected chi connectivity index (χ1v) is 6.75. The van der Waals surface area contributed by atoms with E-state index in [1.54, 1.807) is 0 Å². The highest BCUT2D eigenvalue weighted by Crippen LogP contribution is 2.31. The normalized spacial score (nSPS) is 22.7. The fourth-order valence-corrected chi connectivity index (χ4v) is 2.30. The number of carboxylic acid groups (broad SMARTS) is 1. The van der Waals surface area contributed by atoms with Gasteiger partial charge in [0, 0.05) is 13.1 Å². The van der Waals surface area contributed by atoms with Crippen LogP contribution in [0.25, 0.3) is 0 Å². The van der Waals surface area contributed by atoms with Crippen LogP contribution in [0.15, 0.2) is 0 Å². The molecule has 1 saturated carbocycles. The third-order valence-corrected chi connectivity index (χ3v) is 3.40. The summed E-state index contributed by atoms with van der Waals surface area (Å²) in [5.74, 6) is -1.91. The fraction of sp³-hybridized carbons (Fsp3) is 0.846. The standard InChI is InChI=1S/C13H24N2O4/c1-15(2)7-9-19-8-6-14-12(16)10-4-3-5-11(10)13(17)18/h10-11H,3-9H2,1-2H3,(H,14,16)(H,17,18)/t10-,11+/m1/s1. The molecule has 1 aliphatic rings. The molecule has 2 N–H and O–H groups in total. The number of hydrogen-bond acceptors (Lipinski definition) is 4. The Hall–Kier alpha value is -1.14. The van der Waals surface area contributed by atoms with Crippen molar-refractivity contribution in [2.24, 2.45) is 11.8 Å². The van der Waals surface area contributed by atoms with Crippen molar-refractivity contribution in [1.29, 1.82) is 0 Å². The van der Waals surface area contributed by atoms with Crippen LogP contribution in [0.1, 0.15) is 19.3 Å². The van der Waals surface area contributed by atoms with Gasteiger partial charge in [-0.3, -0.25) is 9.59 Å². The van der Waals surface area contributed by atoms with E-state index in [9.17, 15) is 9.59 Å². The van der Waals surface area contributed by atoms with Crippen molar-refractivity contribution in [3.05, 3.63) is 0 Å². The number of carbonyl (C=O) groups is 2. The molecule has 1 amide bonds. The number of amides is 1. The molecule has 0 aromatic heterocycles. The lowest BCUT2D eigenvalue weighted by Gasteiger charge is -2.15. The van der Waals surface area contributed by atoms with Gasteiger partial charge < -0.3 is 20.1 Å². The van der Waals surface area contributed by atoms with Crippen molar-refractivity contribution in [3.8, 4) is 0 Å². The first-order valence-electron chi connectivity index (χ1n) is 6.75. The molecule has 19 heavy (non-hydrogen) atoms. The molecule has 0 aliphatic heterocycles. The summed E-state index contributed by atoms with van der Waals surface area (Å²) in [6.07, 6.45) is 2.09. The molecule has 0 heterocycles. The lowest BCUT2D eigenvalue weighted by Crippen LogP contribution is -2.37. The van der Waals surface area contributed by atoms with E-state index in [0.717, 1.165) is 13.0 Å². The molecule has 0 unspecified atom stereocenters. The highest BCUT2D eigenvalue weighted by Gasteiger charge is 2.37. The Morgan fingerprint density at radius 1 is 1.26 bits per heavy atom. The minimum atomic E-state index is -0.861. The van der Waals surface area contributed by atoms with E-state index in [-0.39, 0.29) is 11.8 Å². The first-order chi connectivity index (χ1) is 9.02. The summed E-state index contributed by atoms with van der Waals surface area (Å²) >= 11 is 0. The summed E-state index contributed by atoms with van der Waals surface area (Å²) in [5, 5.41) is 11.8. The molecule has 0 spiro atoms. The Labute approximate surface area is 114 Å². The van der Waals surface area contributed by atoms with Crippen LogP contribution in [-0.2, 0) is 14.3 Å². The number of nitrogens with zero attached hydrogens (tertiary/aromatic N) is 1. The Bertz CT molecular complexity index is 307. The number of aliphatic carboxylic acids is 1. The molecule has 1 aliphatic carbocycles. The molecule has 2 atom stereocenters. The summed E-state index contributed by atoms with van der Waals surface area (Å²) in [7, 11) is 3.94. The van der Waals surface area contributed by atoms with Gasteiger partial charge in [0.15, 0.2) is 0 Å². The fourth-order valence-electron chi connectivity index (χ4n) is 2.30. The van der Waals surface area contributed by atoms with Crippen LogP contribution < -0.4 is 5.32 Å². The predicted molar refractivity (Wildman–Crippen MR) is 70.8 cm³/mol. The third kappa shape index (κ3) is 5.57. The van der Waals surface area contributed by atoms with Crippen LogP contribution in [0.3, 0.4) is 0 Å². The van der Waals surface area contributed by atoms with Gasteiger partial charge in [0.2, 0.25) is 5.91 Å². The molecule has 6 nitrogen and oxygen atoms in total. The molecule has 110 valence electrons. The molecule has 0 bridgehead atoms. The van der Waals surface area contributed by atoms with Gasteiger partial charge in [-0.25, -0.2) is 0 Å². The second-order valence-corrected chi connectivity index (χ2v) is 5.19. The predicted octanol–water partition coefficient (Wildman–Crippen LogP) is 0.182. The van der Waals surface area contributed by atoms with Gasteiger partial charge in [-0.15, -0.1) is 0 Å². The van der Waals surface area contributed by atoms with Crippen molar-refractivity contribution in [2.75, 3.05) is 40.4 Å².